The predicted molar refractivity (Wildman–Crippen MR) is 64.5 cm³/mol. The highest BCUT2D eigenvalue weighted by Crippen LogP contribution is 2.85. The molecule has 3 saturated carbocycles. The molecule has 0 aromatic heterocycles. The third-order valence-corrected chi connectivity index (χ3v) is 6.18. The van der Waals surface area contributed by atoms with Crippen LogP contribution in [-0.4, -0.2) is 0 Å². The molecule has 15 heavy (non-hydrogen) atoms. The lowest BCUT2D eigenvalue weighted by Gasteiger charge is -2.85. The maximum atomic E-state index is 2.46. The highest BCUT2D eigenvalue weighted by molar-refractivity contribution is 5.27. The molecule has 0 saturated heterocycles. The Balaban J connectivity index is 1.79. The maximum Gasteiger partial charge on any atom is -0.0209 e. The Morgan fingerprint density at radius 1 is 0.867 bits per heavy atom. The molecule has 3 aliphatic carbocycles. The van der Waals surface area contributed by atoms with E-state index in [9.17, 15) is 0 Å². The van der Waals surface area contributed by atoms with Crippen LogP contribution in [0.3, 0.4) is 0 Å². The maximum absolute atomic E-state index is 2.46. The van der Waals surface area contributed by atoms with Crippen LogP contribution >= 0.6 is 0 Å². The molecule has 0 aromatic carbocycles. The van der Waals surface area contributed by atoms with Crippen LogP contribution in [0.25, 0.3) is 0 Å². The van der Waals surface area contributed by atoms with Gasteiger partial charge in [0.1, 0.15) is 0 Å². The monoisotopic (exact) mass is 206 g/mol. The fourth-order valence-electron chi connectivity index (χ4n) is 5.54. The summed E-state index contributed by atoms with van der Waals surface area (Å²) in [7, 11) is 0. The van der Waals surface area contributed by atoms with Crippen LogP contribution in [0.2, 0.25) is 0 Å². The van der Waals surface area contributed by atoms with E-state index in [1.807, 2.05) is 0 Å². The Morgan fingerprint density at radius 3 is 1.60 bits per heavy atom. The molecule has 0 nitrogen and oxygen atoms in total. The molecular formula is C15H26. The third-order valence-electron chi connectivity index (χ3n) is 6.18. The van der Waals surface area contributed by atoms with Crippen LogP contribution in [0.4, 0.5) is 0 Å². The highest BCUT2D eigenvalue weighted by Gasteiger charge is 2.79. The van der Waals surface area contributed by atoms with Crippen LogP contribution in [-0.2, 0) is 0 Å². The minimum absolute atomic E-state index is 0.563. The Labute approximate surface area is 94.8 Å². The second-order valence-electron chi connectivity index (χ2n) is 8.56. The molecule has 2 unspecified atom stereocenters. The summed E-state index contributed by atoms with van der Waals surface area (Å²) in [4.78, 5) is 0. The minimum Gasteiger partial charge on any atom is -0.0599 e. The summed E-state index contributed by atoms with van der Waals surface area (Å²) in [6.07, 6.45) is 3.08. The number of hydrogen-bond donors (Lipinski definition) is 0. The van der Waals surface area contributed by atoms with E-state index in [2.05, 4.69) is 41.5 Å². The van der Waals surface area contributed by atoms with E-state index in [0.29, 0.717) is 10.8 Å². The van der Waals surface area contributed by atoms with Crippen molar-refractivity contribution in [1.29, 1.82) is 0 Å². The van der Waals surface area contributed by atoms with Crippen LogP contribution in [0.1, 0.15) is 54.4 Å². The van der Waals surface area contributed by atoms with Gasteiger partial charge in [-0.15, -0.1) is 0 Å². The summed E-state index contributed by atoms with van der Waals surface area (Å²) in [6.45, 7) is 14.7. The summed E-state index contributed by atoms with van der Waals surface area (Å²) >= 11 is 0. The first kappa shape index (κ1) is 10.2. The van der Waals surface area contributed by atoms with Crippen molar-refractivity contribution in [3.05, 3.63) is 0 Å². The molecule has 3 aliphatic rings. The van der Waals surface area contributed by atoms with Crippen molar-refractivity contribution in [3.63, 3.8) is 0 Å². The van der Waals surface area contributed by atoms with Crippen molar-refractivity contribution >= 4 is 0 Å². The molecule has 0 radical (unpaired) electrons. The standard InChI is InChI=1S/C15H26/c1-13(2,3)11-9-7-15(14(4,5)6)8-10(11)12(9)15/h9-12H,7-8H2,1-6H3. The Kier molecular flexibility index (Phi) is 1.57. The summed E-state index contributed by atoms with van der Waals surface area (Å²) in [5.74, 6) is 4.37. The van der Waals surface area contributed by atoms with Gasteiger partial charge in [0.15, 0.2) is 0 Å². The van der Waals surface area contributed by atoms with Crippen molar-refractivity contribution in [2.75, 3.05) is 0 Å². The van der Waals surface area contributed by atoms with Gasteiger partial charge in [-0.05, 0) is 52.8 Å². The molecule has 3 rings (SSSR count). The molecule has 0 bridgehead atoms. The van der Waals surface area contributed by atoms with Gasteiger partial charge in [-0.25, -0.2) is 0 Å². The molecule has 3 fully saturated rings. The average Bonchev–Trinajstić information content (AvgIpc) is 1.97. The topological polar surface area (TPSA) is 0 Å². The molecule has 2 atom stereocenters. The molecule has 0 N–H and O–H groups in total. The van der Waals surface area contributed by atoms with Gasteiger partial charge < -0.3 is 0 Å². The van der Waals surface area contributed by atoms with Crippen molar-refractivity contribution in [3.8, 4) is 0 Å². The van der Waals surface area contributed by atoms with Crippen molar-refractivity contribution in [2.45, 2.75) is 54.4 Å². The van der Waals surface area contributed by atoms with Crippen LogP contribution in [0.5, 0.6) is 0 Å². The molecule has 0 heterocycles. The predicted octanol–water partition coefficient (Wildman–Crippen LogP) is 4.35. The van der Waals surface area contributed by atoms with Crippen molar-refractivity contribution in [1.82, 2.24) is 0 Å². The zero-order chi connectivity index (χ0) is 11.2. The van der Waals surface area contributed by atoms with Crippen molar-refractivity contribution in [2.24, 2.45) is 39.9 Å². The summed E-state index contributed by atoms with van der Waals surface area (Å²) in [6, 6.07) is 0. The molecule has 0 heteroatoms. The van der Waals surface area contributed by atoms with Gasteiger partial charge in [0.05, 0.1) is 0 Å². The lowest BCUT2D eigenvalue weighted by molar-refractivity contribution is -0.367. The lowest BCUT2D eigenvalue weighted by Crippen LogP contribution is -2.79. The molecule has 0 spiro atoms. The first-order chi connectivity index (χ1) is 6.68. The van der Waals surface area contributed by atoms with Crippen LogP contribution in [0.15, 0.2) is 0 Å². The zero-order valence-electron chi connectivity index (χ0n) is 11.2. The third kappa shape index (κ3) is 0.913. The second-order valence-corrected chi connectivity index (χ2v) is 8.56. The van der Waals surface area contributed by atoms with Gasteiger partial charge in [-0.3, -0.25) is 0 Å². The molecule has 0 aliphatic heterocycles. The largest absolute Gasteiger partial charge is 0.0599 e. The quantitative estimate of drug-likeness (QED) is 0.553. The fourth-order valence-corrected chi connectivity index (χ4v) is 5.54. The van der Waals surface area contributed by atoms with E-state index < -0.39 is 0 Å². The Morgan fingerprint density at radius 2 is 1.33 bits per heavy atom. The normalized spacial score (nSPS) is 52.4. The van der Waals surface area contributed by atoms with E-state index in [0.717, 1.165) is 29.1 Å². The van der Waals surface area contributed by atoms with Gasteiger partial charge in [-0.2, -0.15) is 0 Å². The van der Waals surface area contributed by atoms with Gasteiger partial charge in [0, 0.05) is 0 Å². The fraction of sp³-hybridized carbons (Fsp3) is 1.00. The molecule has 0 aromatic rings. The Bertz CT molecular complexity index is 285. The van der Waals surface area contributed by atoms with E-state index in [1.54, 1.807) is 12.8 Å². The van der Waals surface area contributed by atoms with Gasteiger partial charge in [0.25, 0.3) is 0 Å². The van der Waals surface area contributed by atoms with E-state index >= 15 is 0 Å². The number of hydrogen-bond acceptors (Lipinski definition) is 0. The SMILES string of the molecule is CC(C)(C)C1C2CC3(C(C)(C)C)CC1C23. The van der Waals surface area contributed by atoms with Gasteiger partial charge in [-0.1, -0.05) is 41.5 Å². The van der Waals surface area contributed by atoms with Crippen molar-refractivity contribution < 1.29 is 0 Å². The minimum atomic E-state index is 0.563. The average molecular weight is 206 g/mol. The van der Waals surface area contributed by atoms with E-state index in [1.165, 1.54) is 0 Å². The second kappa shape index (κ2) is 2.31. The summed E-state index contributed by atoms with van der Waals surface area (Å²) in [5, 5.41) is 0. The van der Waals surface area contributed by atoms with E-state index in [4.69, 9.17) is 0 Å². The smallest absolute Gasteiger partial charge is 0.0209 e. The van der Waals surface area contributed by atoms with Gasteiger partial charge >= 0.3 is 0 Å². The van der Waals surface area contributed by atoms with Gasteiger partial charge in [0.2, 0.25) is 0 Å². The molecule has 86 valence electrons. The lowest BCUT2D eigenvalue weighted by atomic mass is 9.20. The number of rotatable bonds is 0. The molecular weight excluding hydrogens is 180 g/mol. The molecule has 0 amide bonds. The highest BCUT2D eigenvalue weighted by atomic mass is 14.8. The summed E-state index contributed by atoms with van der Waals surface area (Å²) in [5.41, 5.74) is 1.90. The summed E-state index contributed by atoms with van der Waals surface area (Å²) < 4.78 is 0. The first-order valence-electron chi connectivity index (χ1n) is 6.68. The van der Waals surface area contributed by atoms with Crippen LogP contribution in [0, 0.1) is 39.9 Å². The van der Waals surface area contributed by atoms with Crippen LogP contribution < -0.4 is 0 Å². The zero-order valence-corrected chi connectivity index (χ0v) is 11.2. The Hall–Kier alpha value is 0. The first-order valence-corrected chi connectivity index (χ1v) is 6.68. The van der Waals surface area contributed by atoms with E-state index in [-0.39, 0.29) is 0 Å².